The largest absolute Gasteiger partial charge is 3.00 e. The summed E-state index contributed by atoms with van der Waals surface area (Å²) in [6, 6.07) is 111. The summed E-state index contributed by atoms with van der Waals surface area (Å²) in [6.07, 6.45) is 35.1. The number of para-hydroxylation sites is 6. The van der Waals surface area contributed by atoms with Gasteiger partial charge in [-0.15, -0.1) is 106 Å². The number of nitrogens with zero attached hydrogens (tertiary/aromatic N) is 12. The molecule has 6 heterocycles. The maximum absolute atomic E-state index is 4.79. The molecule has 0 radical (unpaired) electrons. The van der Waals surface area contributed by atoms with Crippen molar-refractivity contribution in [2.75, 3.05) is 0 Å². The minimum atomic E-state index is 0. The van der Waals surface area contributed by atoms with Crippen LogP contribution in [0, 0.1) is 101 Å². The van der Waals surface area contributed by atoms with E-state index in [1.165, 1.54) is 168 Å². The Bertz CT molecular complexity index is 6360. The fraction of sp³-hybridized carbons (Fsp3) is 0.190. The zero-order chi connectivity index (χ0) is 94.9. The van der Waals surface area contributed by atoms with Crippen molar-refractivity contribution in [3.8, 4) is 102 Å². The number of imidazole rings is 6. The fourth-order valence-corrected chi connectivity index (χ4v) is 20.2. The van der Waals surface area contributed by atoms with Gasteiger partial charge in [0.1, 0.15) is 17.5 Å². The van der Waals surface area contributed by atoms with Crippen molar-refractivity contribution in [1.82, 2.24) is 57.3 Å². The van der Waals surface area contributed by atoms with Crippen molar-refractivity contribution in [2.24, 2.45) is 0 Å². The van der Waals surface area contributed by atoms with Crippen LogP contribution in [0.5, 0.6) is 0 Å². The molecule has 0 aliphatic heterocycles. The summed E-state index contributed by atoms with van der Waals surface area (Å²) in [6.45, 7) is 25.9. The minimum absolute atomic E-state index is 0. The zero-order valence-corrected chi connectivity index (χ0v) is 84.0. The van der Waals surface area contributed by atoms with Crippen LogP contribution in [0.4, 0.5) is 0 Å². The standard InChI is InChI=1S/C63H60N6.C63H57N6.Ir/c2*1-43-10-7-11-44(2)58(43)67-37-34-64-61(67)55-28-22-49(23-29-55)16-19-52-40-53(20-17-50-24-30-56(31-25-50)62-65-35-38-68(62)59-45(3)12-8-13-46(59)4)42-54(41-52)21-18-51-26-32-57(33-27-51)63-66-36-39-69(63)60-47(5)14-9-15-48(60)6;/h7-15,22-42H,16-21H2,1-6H3;7-15,22-28,30,32,34-42H,16-21H2,1-6H3;/q;-3;+3. The Balaban J connectivity index is 0.000000183. The van der Waals surface area contributed by atoms with E-state index in [-0.39, 0.29) is 20.1 Å². The first-order valence-electron chi connectivity index (χ1n) is 48.5. The van der Waals surface area contributed by atoms with Crippen LogP contribution in [-0.4, -0.2) is 57.3 Å². The van der Waals surface area contributed by atoms with Gasteiger partial charge < -0.3 is 13.7 Å². The van der Waals surface area contributed by atoms with Gasteiger partial charge in [-0.05, 0) is 258 Å². The third-order valence-corrected chi connectivity index (χ3v) is 27.4. The van der Waals surface area contributed by atoms with Gasteiger partial charge in [0, 0.05) is 108 Å². The summed E-state index contributed by atoms with van der Waals surface area (Å²) in [4.78, 5) is 28.7. The van der Waals surface area contributed by atoms with Crippen LogP contribution in [0.25, 0.3) is 102 Å². The molecule has 690 valence electrons. The van der Waals surface area contributed by atoms with Gasteiger partial charge in [-0.1, -0.05) is 238 Å². The van der Waals surface area contributed by atoms with E-state index in [0.717, 1.165) is 145 Å². The second-order valence-corrected chi connectivity index (χ2v) is 37.4. The Morgan fingerprint density at radius 2 is 0.338 bits per heavy atom. The second-order valence-electron chi connectivity index (χ2n) is 37.4. The van der Waals surface area contributed by atoms with Crippen molar-refractivity contribution in [3.63, 3.8) is 0 Å². The van der Waals surface area contributed by atoms with Gasteiger partial charge in [-0.25, -0.2) is 15.0 Å². The number of rotatable bonds is 30. The quantitative estimate of drug-likeness (QED) is 0.0415. The molecule has 6 aromatic heterocycles. The molecule has 0 aliphatic rings. The first kappa shape index (κ1) is 94.4. The van der Waals surface area contributed by atoms with Crippen molar-refractivity contribution in [3.05, 3.63) is 499 Å². The molecule has 20 aromatic rings. The smallest absolute Gasteiger partial charge is 0.340 e. The molecule has 13 heteroatoms. The SMILES string of the molecule is Cc1cccc(C)c1-n1ccnc1-c1[c-]cc(CCc2cc(CCc3c[c-]c(-c4nccn4-c4c(C)cccc4C)cc3)cc(CCc3c[c-]c(-c4nccn4-c4c(C)cccc4C)cc3)c2)cc1.Cc1cccc(C)c1-n1ccnc1-c1ccc(CCc2cc(CCc3ccc(-c4nccn4-c4c(C)cccc4C)cc3)cc(CCc3ccc(-c4nccn4-c4c(C)cccc4C)cc3)c2)cc1.[Ir+3]. The molecule has 12 nitrogen and oxygen atoms in total. The van der Waals surface area contributed by atoms with Crippen LogP contribution < -0.4 is 0 Å². The molecular weight excluding hydrogens is 1870 g/mol. The Kier molecular flexibility index (Phi) is 29.0. The van der Waals surface area contributed by atoms with E-state index in [4.69, 9.17) is 29.9 Å². The van der Waals surface area contributed by atoms with Crippen molar-refractivity contribution < 1.29 is 20.1 Å². The summed E-state index contributed by atoms with van der Waals surface area (Å²) in [5, 5.41) is 0. The van der Waals surface area contributed by atoms with E-state index in [0.29, 0.717) is 0 Å². The molecule has 0 saturated carbocycles. The van der Waals surface area contributed by atoms with E-state index in [1.807, 2.05) is 55.8 Å². The first-order chi connectivity index (χ1) is 67.3. The summed E-state index contributed by atoms with van der Waals surface area (Å²) >= 11 is 0. The number of hydrogen-bond acceptors (Lipinski definition) is 6. The van der Waals surface area contributed by atoms with Gasteiger partial charge in [-0.3, -0.25) is 28.7 Å². The molecular formula is C126H117IrN12. The monoisotopic (exact) mass is 1990 g/mol. The van der Waals surface area contributed by atoms with E-state index in [2.05, 4.69) is 420 Å². The molecule has 0 atom stereocenters. The van der Waals surface area contributed by atoms with Crippen molar-refractivity contribution in [1.29, 1.82) is 0 Å². The number of aryl methyl sites for hydroxylation is 24. The molecule has 0 amide bonds. The topological polar surface area (TPSA) is 107 Å². The summed E-state index contributed by atoms with van der Waals surface area (Å²) in [7, 11) is 0. The van der Waals surface area contributed by atoms with Crippen LogP contribution in [0.15, 0.2) is 347 Å². The van der Waals surface area contributed by atoms with Crippen LogP contribution in [0.3, 0.4) is 0 Å². The van der Waals surface area contributed by atoms with Crippen molar-refractivity contribution >= 4 is 0 Å². The molecule has 0 spiro atoms. The van der Waals surface area contributed by atoms with Gasteiger partial charge in [0.25, 0.3) is 0 Å². The van der Waals surface area contributed by atoms with Gasteiger partial charge in [-0.2, -0.15) is 0 Å². The average Bonchev–Trinajstić information content (AvgIpc) is 1.74. The normalized spacial score (nSPS) is 11.3. The van der Waals surface area contributed by atoms with Crippen LogP contribution >= 0.6 is 0 Å². The second kappa shape index (κ2) is 42.7. The maximum Gasteiger partial charge on any atom is 3.00 e. The minimum Gasteiger partial charge on any atom is -0.340 e. The van der Waals surface area contributed by atoms with E-state index >= 15 is 0 Å². The number of benzene rings is 14. The molecule has 139 heavy (non-hydrogen) atoms. The summed E-state index contributed by atoms with van der Waals surface area (Å²) in [5.74, 6) is 5.61. The molecule has 0 bridgehead atoms. The Morgan fingerprint density at radius 3 is 0.518 bits per heavy atom. The summed E-state index contributed by atoms with van der Waals surface area (Å²) < 4.78 is 13.2. The van der Waals surface area contributed by atoms with Gasteiger partial charge in [0.15, 0.2) is 0 Å². The Labute approximate surface area is 833 Å². The third-order valence-electron chi connectivity index (χ3n) is 27.4. The van der Waals surface area contributed by atoms with E-state index < -0.39 is 0 Å². The predicted octanol–water partition coefficient (Wildman–Crippen LogP) is 28.3. The predicted molar refractivity (Wildman–Crippen MR) is 565 cm³/mol. The van der Waals surface area contributed by atoms with E-state index in [9.17, 15) is 0 Å². The fourth-order valence-electron chi connectivity index (χ4n) is 20.2. The van der Waals surface area contributed by atoms with E-state index in [1.54, 1.807) is 0 Å². The Morgan fingerprint density at radius 1 is 0.180 bits per heavy atom. The Hall–Kier alpha value is -15.0. The van der Waals surface area contributed by atoms with Crippen LogP contribution in [0.2, 0.25) is 0 Å². The maximum atomic E-state index is 4.79. The molecule has 0 unspecified atom stereocenters. The van der Waals surface area contributed by atoms with Gasteiger partial charge in [0.05, 0.1) is 34.5 Å². The molecule has 0 saturated heterocycles. The molecule has 0 N–H and O–H groups in total. The average molecular weight is 1990 g/mol. The molecule has 14 aromatic carbocycles. The van der Waals surface area contributed by atoms with Crippen LogP contribution in [0.1, 0.15) is 134 Å². The number of hydrogen-bond donors (Lipinski definition) is 0. The van der Waals surface area contributed by atoms with Gasteiger partial charge in [0.2, 0.25) is 0 Å². The third kappa shape index (κ3) is 21.3. The molecule has 0 fully saturated rings. The first-order valence-corrected chi connectivity index (χ1v) is 48.5. The number of aromatic nitrogens is 12. The van der Waals surface area contributed by atoms with Gasteiger partial charge >= 0.3 is 20.1 Å². The zero-order valence-electron chi connectivity index (χ0n) is 81.6. The molecule has 0 aliphatic carbocycles. The van der Waals surface area contributed by atoms with Crippen molar-refractivity contribution in [2.45, 2.75) is 160 Å². The summed E-state index contributed by atoms with van der Waals surface area (Å²) in [5.41, 5.74) is 44.3. The molecule has 20 rings (SSSR count). The van der Waals surface area contributed by atoms with Crippen LogP contribution in [-0.2, 0) is 97.2 Å².